The molecule has 0 spiro atoms. The van der Waals surface area contributed by atoms with Gasteiger partial charge in [-0.2, -0.15) is 17.7 Å². The average molecular weight is 355 g/mol. The Morgan fingerprint density at radius 3 is 2.76 bits per heavy atom. The highest BCUT2D eigenvalue weighted by molar-refractivity contribution is 5.76. The Labute approximate surface area is 140 Å². The lowest BCUT2D eigenvalue weighted by atomic mass is 10.0. The molecule has 2 saturated heterocycles. The third-order valence-corrected chi connectivity index (χ3v) is 4.55. The van der Waals surface area contributed by atoms with Crippen LogP contribution in [0.4, 0.5) is 23.8 Å². The van der Waals surface area contributed by atoms with Crippen LogP contribution >= 0.6 is 0 Å². The molecule has 2 aromatic rings. The van der Waals surface area contributed by atoms with Crippen molar-refractivity contribution in [2.24, 2.45) is 0 Å². The number of rotatable bonds is 2. The van der Waals surface area contributed by atoms with Gasteiger partial charge < -0.3 is 15.1 Å². The fraction of sp³-hybridized carbons (Fsp3) is 0.571. The first-order valence-corrected chi connectivity index (χ1v) is 8.02. The van der Waals surface area contributed by atoms with Crippen molar-refractivity contribution < 1.29 is 18.0 Å². The molecule has 2 aliphatic rings. The average Bonchev–Trinajstić information content (AvgIpc) is 3.20. The lowest BCUT2D eigenvalue weighted by molar-refractivity contribution is -0.146. The summed E-state index contributed by atoms with van der Waals surface area (Å²) in [5.41, 5.74) is 0.0450. The van der Waals surface area contributed by atoms with E-state index in [0.717, 1.165) is 17.4 Å². The van der Waals surface area contributed by atoms with Crippen LogP contribution in [0.3, 0.4) is 0 Å². The van der Waals surface area contributed by atoms with Gasteiger partial charge in [0.15, 0.2) is 5.65 Å². The van der Waals surface area contributed by atoms with Gasteiger partial charge in [0, 0.05) is 26.2 Å². The van der Waals surface area contributed by atoms with Crippen LogP contribution in [-0.2, 0) is 6.18 Å². The highest BCUT2D eigenvalue weighted by Crippen LogP contribution is 2.28. The summed E-state index contributed by atoms with van der Waals surface area (Å²) in [6.45, 7) is 2.48. The number of fused-ring (bicyclic) bond motifs is 1. The molecule has 0 aliphatic carbocycles. The van der Waals surface area contributed by atoms with Crippen molar-refractivity contribution >= 4 is 17.5 Å². The van der Waals surface area contributed by atoms with Gasteiger partial charge in [-0.05, 0) is 25.0 Å². The van der Waals surface area contributed by atoms with Gasteiger partial charge >= 0.3 is 12.2 Å². The molecule has 1 N–H and O–H groups in total. The molecule has 4 heterocycles. The smallest absolute Gasteiger partial charge is 0.353 e. The number of alkyl halides is 3. The molecule has 0 aromatic carbocycles. The second kappa shape index (κ2) is 5.74. The molecule has 2 amide bonds. The maximum atomic E-state index is 13.0. The summed E-state index contributed by atoms with van der Waals surface area (Å²) in [6, 6.07) is 3.04. The Kier molecular flexibility index (Phi) is 3.65. The quantitative estimate of drug-likeness (QED) is 0.874. The summed E-state index contributed by atoms with van der Waals surface area (Å²) in [7, 11) is 0. The van der Waals surface area contributed by atoms with Crippen LogP contribution in [0, 0.1) is 0 Å². The van der Waals surface area contributed by atoms with Gasteiger partial charge in [0.25, 0.3) is 5.82 Å². The predicted molar refractivity (Wildman–Crippen MR) is 81.1 cm³/mol. The normalized spacial score (nSPS) is 21.9. The summed E-state index contributed by atoms with van der Waals surface area (Å²) >= 11 is 0. The minimum atomic E-state index is -4.62. The Hall–Kier alpha value is -2.59. The number of nitrogens with zero attached hydrogens (tertiary/aromatic N) is 6. The summed E-state index contributed by atoms with van der Waals surface area (Å²) in [4.78, 5) is 15.5. The minimum absolute atomic E-state index is 0.0248. The zero-order valence-corrected chi connectivity index (χ0v) is 13.2. The van der Waals surface area contributed by atoms with Crippen LogP contribution in [0.2, 0.25) is 0 Å². The number of hydrogen-bond donors (Lipinski definition) is 1. The summed E-state index contributed by atoms with van der Waals surface area (Å²) in [5, 5.41) is 13.6. The zero-order valence-electron chi connectivity index (χ0n) is 13.2. The Morgan fingerprint density at radius 2 is 2.04 bits per heavy atom. The van der Waals surface area contributed by atoms with Crippen molar-refractivity contribution in [3.05, 3.63) is 18.0 Å². The van der Waals surface area contributed by atoms with E-state index in [-0.39, 0.29) is 17.7 Å². The molecule has 0 bridgehead atoms. The number of carbonyl (C=O) groups excluding carboxylic acids is 1. The fourth-order valence-corrected chi connectivity index (χ4v) is 3.38. The predicted octanol–water partition coefficient (Wildman–Crippen LogP) is 1.14. The van der Waals surface area contributed by atoms with Crippen molar-refractivity contribution in [3.8, 4) is 0 Å². The van der Waals surface area contributed by atoms with E-state index >= 15 is 0 Å². The van der Waals surface area contributed by atoms with Gasteiger partial charge in [0.05, 0.1) is 6.04 Å². The Bertz CT molecular complexity index is 805. The largest absolute Gasteiger partial charge is 0.453 e. The molecule has 2 aliphatic heterocycles. The van der Waals surface area contributed by atoms with Crippen LogP contribution < -0.4 is 10.2 Å². The molecular weight excluding hydrogens is 339 g/mol. The first-order chi connectivity index (χ1) is 11.9. The monoisotopic (exact) mass is 355 g/mol. The number of nitrogens with one attached hydrogen (secondary N) is 1. The van der Waals surface area contributed by atoms with Gasteiger partial charge in [-0.25, -0.2) is 4.79 Å². The van der Waals surface area contributed by atoms with E-state index < -0.39 is 12.0 Å². The Morgan fingerprint density at radius 1 is 1.20 bits per heavy atom. The maximum absolute atomic E-state index is 13.0. The summed E-state index contributed by atoms with van der Waals surface area (Å²) in [5.74, 6) is -0.723. The van der Waals surface area contributed by atoms with Gasteiger partial charge in [-0.3, -0.25) is 0 Å². The van der Waals surface area contributed by atoms with Crippen LogP contribution in [0.25, 0.3) is 5.65 Å². The molecule has 0 unspecified atom stereocenters. The second-order valence-corrected chi connectivity index (χ2v) is 6.15. The number of piperidine rings is 1. The third-order valence-electron chi connectivity index (χ3n) is 4.55. The van der Waals surface area contributed by atoms with Crippen molar-refractivity contribution in [1.82, 2.24) is 30.0 Å². The molecule has 2 aromatic heterocycles. The van der Waals surface area contributed by atoms with Crippen LogP contribution in [0.1, 0.15) is 18.7 Å². The molecule has 0 saturated carbocycles. The molecule has 0 radical (unpaired) electrons. The van der Waals surface area contributed by atoms with Crippen LogP contribution in [0.5, 0.6) is 0 Å². The number of halogens is 3. The van der Waals surface area contributed by atoms with Gasteiger partial charge in [0.2, 0.25) is 0 Å². The van der Waals surface area contributed by atoms with Gasteiger partial charge in [-0.1, -0.05) is 0 Å². The minimum Gasteiger partial charge on any atom is -0.353 e. The number of amides is 2. The molecular formula is C14H16F3N7O. The van der Waals surface area contributed by atoms with Crippen molar-refractivity contribution in [2.75, 3.05) is 31.1 Å². The van der Waals surface area contributed by atoms with Crippen LogP contribution in [0.15, 0.2) is 12.1 Å². The molecule has 4 rings (SSSR count). The number of hydrogen-bond acceptors (Lipinski definition) is 5. The first kappa shape index (κ1) is 15.9. The lowest BCUT2D eigenvalue weighted by Gasteiger charge is -2.37. The number of anilines is 1. The zero-order chi connectivity index (χ0) is 17.6. The molecule has 134 valence electrons. The van der Waals surface area contributed by atoms with E-state index in [2.05, 4.69) is 20.6 Å². The standard InChI is InChI=1S/C14H16F3N7O/c15-14(16,17)12-20-19-10-3-4-11(21-24(10)12)22-6-1-2-9(8-22)23-7-5-18-13(23)25/h3-4,9H,1-2,5-8H2,(H,18,25)/t9-/m1/s1. The highest BCUT2D eigenvalue weighted by Gasteiger charge is 2.38. The van der Waals surface area contributed by atoms with E-state index in [1.807, 2.05) is 4.90 Å². The molecule has 2 fully saturated rings. The topological polar surface area (TPSA) is 78.7 Å². The van der Waals surface area contributed by atoms with E-state index in [0.29, 0.717) is 32.0 Å². The SMILES string of the molecule is O=C1NCCN1[C@@H]1CCCN(c2ccc3nnc(C(F)(F)F)n3n2)C1. The number of urea groups is 1. The van der Waals surface area contributed by atoms with Crippen molar-refractivity contribution in [3.63, 3.8) is 0 Å². The number of carbonyl (C=O) groups is 1. The Balaban J connectivity index is 1.61. The first-order valence-electron chi connectivity index (χ1n) is 8.02. The second-order valence-electron chi connectivity index (χ2n) is 6.15. The third kappa shape index (κ3) is 2.83. The van der Waals surface area contributed by atoms with Crippen LogP contribution in [-0.4, -0.2) is 63.0 Å². The summed E-state index contributed by atoms with van der Waals surface area (Å²) in [6.07, 6.45) is -2.92. The maximum Gasteiger partial charge on any atom is 0.453 e. The van der Waals surface area contributed by atoms with E-state index in [1.54, 1.807) is 11.0 Å². The highest BCUT2D eigenvalue weighted by atomic mass is 19.4. The van der Waals surface area contributed by atoms with E-state index in [4.69, 9.17) is 0 Å². The van der Waals surface area contributed by atoms with Gasteiger partial charge in [0.1, 0.15) is 5.82 Å². The van der Waals surface area contributed by atoms with E-state index in [1.165, 1.54) is 6.07 Å². The molecule has 1 atom stereocenters. The van der Waals surface area contributed by atoms with Crippen molar-refractivity contribution in [1.29, 1.82) is 0 Å². The molecule has 8 nitrogen and oxygen atoms in total. The molecule has 25 heavy (non-hydrogen) atoms. The van der Waals surface area contributed by atoms with Crippen molar-refractivity contribution in [2.45, 2.75) is 25.1 Å². The lowest BCUT2D eigenvalue weighted by Crippen LogP contribution is -2.49. The van der Waals surface area contributed by atoms with E-state index in [9.17, 15) is 18.0 Å². The number of aromatic nitrogens is 4. The fourth-order valence-electron chi connectivity index (χ4n) is 3.38. The van der Waals surface area contributed by atoms with Gasteiger partial charge in [-0.15, -0.1) is 15.3 Å². The summed E-state index contributed by atoms with van der Waals surface area (Å²) < 4.78 is 39.7. The molecule has 11 heteroatoms.